The number of carboxylic acid groups (broad SMARTS) is 2. The molecule has 0 spiro atoms. The van der Waals surface area contributed by atoms with Crippen molar-refractivity contribution in [3.8, 4) is 12.3 Å². The first kappa shape index (κ1) is 15.0. The minimum Gasteiger partial charge on any atom is -0.481 e. The van der Waals surface area contributed by atoms with Crippen LogP contribution in [-0.4, -0.2) is 59.1 Å². The predicted molar refractivity (Wildman–Crippen MR) is 65.2 cm³/mol. The van der Waals surface area contributed by atoms with E-state index in [9.17, 15) is 14.4 Å². The molecule has 1 amide bonds. The second kappa shape index (κ2) is 6.75. The third kappa shape index (κ3) is 4.26. The average Bonchev–Trinajstić information content (AvgIpc) is 2.35. The van der Waals surface area contributed by atoms with Gasteiger partial charge in [0.1, 0.15) is 0 Å². The number of carbonyl (C=O) groups excluding carboxylic acids is 1. The number of piperidine rings is 1. The normalized spacial score (nSPS) is 23.3. The smallest absolute Gasteiger partial charge is 0.308 e. The van der Waals surface area contributed by atoms with Crippen LogP contribution in [0.3, 0.4) is 0 Å². The van der Waals surface area contributed by atoms with E-state index in [2.05, 4.69) is 11.2 Å². The molecule has 0 saturated carbocycles. The first-order chi connectivity index (χ1) is 8.95. The van der Waals surface area contributed by atoms with E-state index in [1.54, 1.807) is 4.90 Å². The largest absolute Gasteiger partial charge is 0.481 e. The third-order valence-corrected chi connectivity index (χ3v) is 3.09. The summed E-state index contributed by atoms with van der Waals surface area (Å²) in [7, 11) is 0. The molecule has 1 fully saturated rings. The summed E-state index contributed by atoms with van der Waals surface area (Å²) in [4.78, 5) is 35.1. The van der Waals surface area contributed by atoms with Gasteiger partial charge in [0.05, 0.1) is 24.9 Å². The monoisotopic (exact) mass is 268 g/mol. The molecule has 0 radical (unpaired) electrons. The Morgan fingerprint density at radius 3 is 2.42 bits per heavy atom. The fourth-order valence-corrected chi connectivity index (χ4v) is 2.12. The van der Waals surface area contributed by atoms with E-state index in [4.69, 9.17) is 16.6 Å². The molecule has 1 aliphatic rings. The number of hydrogen-bond acceptors (Lipinski definition) is 4. The summed E-state index contributed by atoms with van der Waals surface area (Å²) in [5.74, 6) is -2.19. The molecular weight excluding hydrogens is 252 g/mol. The Balaban J connectivity index is 2.57. The highest BCUT2D eigenvalue weighted by Crippen LogP contribution is 2.24. The minimum absolute atomic E-state index is 0.0256. The van der Waals surface area contributed by atoms with Crippen LogP contribution in [0.1, 0.15) is 6.42 Å². The van der Waals surface area contributed by atoms with Crippen molar-refractivity contribution < 1.29 is 24.6 Å². The van der Waals surface area contributed by atoms with Gasteiger partial charge in [0.2, 0.25) is 5.91 Å². The summed E-state index contributed by atoms with van der Waals surface area (Å²) < 4.78 is 0. The van der Waals surface area contributed by atoms with Crippen LogP contribution >= 0.6 is 0 Å². The van der Waals surface area contributed by atoms with Crippen LogP contribution in [-0.2, 0) is 14.4 Å². The topological polar surface area (TPSA) is 107 Å². The maximum atomic E-state index is 11.5. The van der Waals surface area contributed by atoms with Gasteiger partial charge in [-0.05, 0) is 13.0 Å². The van der Waals surface area contributed by atoms with Crippen molar-refractivity contribution in [1.29, 1.82) is 0 Å². The highest BCUT2D eigenvalue weighted by Gasteiger charge is 2.38. The number of rotatable bonds is 5. The van der Waals surface area contributed by atoms with Crippen LogP contribution in [0.2, 0.25) is 0 Å². The molecule has 0 aromatic rings. The zero-order chi connectivity index (χ0) is 14.4. The van der Waals surface area contributed by atoms with E-state index < -0.39 is 23.8 Å². The fraction of sp³-hybridized carbons (Fsp3) is 0.583. The lowest BCUT2D eigenvalue weighted by molar-refractivity contribution is -0.157. The van der Waals surface area contributed by atoms with Gasteiger partial charge in [-0.1, -0.05) is 5.92 Å². The van der Waals surface area contributed by atoms with Crippen molar-refractivity contribution in [2.45, 2.75) is 6.42 Å². The molecule has 1 heterocycles. The SMILES string of the molecule is C#CCNC(=O)CN1CCC(C(=O)O)C(C(=O)O)C1. The van der Waals surface area contributed by atoms with E-state index in [0.29, 0.717) is 6.54 Å². The Hall–Kier alpha value is -2.07. The summed E-state index contributed by atoms with van der Waals surface area (Å²) in [6.07, 6.45) is 5.22. The van der Waals surface area contributed by atoms with Gasteiger partial charge >= 0.3 is 11.9 Å². The molecule has 0 aromatic heterocycles. The standard InChI is InChI=1S/C12H16N2O5/c1-2-4-13-10(15)7-14-5-3-8(11(16)17)9(6-14)12(18)19/h1,8-9H,3-7H2,(H,13,15)(H,16,17)(H,18,19). The van der Waals surface area contributed by atoms with Crippen molar-refractivity contribution in [2.24, 2.45) is 11.8 Å². The van der Waals surface area contributed by atoms with Gasteiger partial charge in [-0.2, -0.15) is 0 Å². The van der Waals surface area contributed by atoms with Crippen LogP contribution in [0.15, 0.2) is 0 Å². The Morgan fingerprint density at radius 2 is 1.89 bits per heavy atom. The van der Waals surface area contributed by atoms with Crippen LogP contribution in [0.25, 0.3) is 0 Å². The summed E-state index contributed by atoms with van der Waals surface area (Å²) in [5, 5.41) is 20.5. The van der Waals surface area contributed by atoms with E-state index >= 15 is 0 Å². The second-order valence-electron chi connectivity index (χ2n) is 4.39. The highest BCUT2D eigenvalue weighted by molar-refractivity contribution is 5.81. The van der Waals surface area contributed by atoms with Gasteiger partial charge < -0.3 is 15.5 Å². The zero-order valence-electron chi connectivity index (χ0n) is 10.3. The number of nitrogens with zero attached hydrogens (tertiary/aromatic N) is 1. The average molecular weight is 268 g/mol. The van der Waals surface area contributed by atoms with Crippen molar-refractivity contribution in [3.05, 3.63) is 0 Å². The molecular formula is C12H16N2O5. The number of carbonyl (C=O) groups is 3. The molecule has 0 aliphatic carbocycles. The molecule has 1 aliphatic heterocycles. The van der Waals surface area contributed by atoms with Gasteiger partial charge in [0.25, 0.3) is 0 Å². The van der Waals surface area contributed by atoms with Gasteiger partial charge in [-0.25, -0.2) is 0 Å². The summed E-state index contributed by atoms with van der Waals surface area (Å²) in [6, 6.07) is 0. The third-order valence-electron chi connectivity index (χ3n) is 3.09. The van der Waals surface area contributed by atoms with Gasteiger partial charge in [0.15, 0.2) is 0 Å². The second-order valence-corrected chi connectivity index (χ2v) is 4.39. The van der Waals surface area contributed by atoms with Crippen LogP contribution in [0.5, 0.6) is 0 Å². The molecule has 7 heteroatoms. The molecule has 3 N–H and O–H groups in total. The number of nitrogens with one attached hydrogen (secondary N) is 1. The summed E-state index contributed by atoms with van der Waals surface area (Å²) >= 11 is 0. The Morgan fingerprint density at radius 1 is 1.26 bits per heavy atom. The molecule has 0 aromatic carbocycles. The maximum absolute atomic E-state index is 11.5. The number of hydrogen-bond donors (Lipinski definition) is 3. The summed E-state index contributed by atoms with van der Waals surface area (Å²) in [6.45, 7) is 0.574. The minimum atomic E-state index is -1.15. The number of likely N-dealkylation sites (tertiary alicyclic amines) is 1. The van der Waals surface area contributed by atoms with Crippen molar-refractivity contribution in [1.82, 2.24) is 10.2 Å². The number of carboxylic acids is 2. The Labute approximate surface area is 110 Å². The fourth-order valence-electron chi connectivity index (χ4n) is 2.12. The first-order valence-electron chi connectivity index (χ1n) is 5.83. The molecule has 2 unspecified atom stereocenters. The predicted octanol–water partition coefficient (Wildman–Crippen LogP) is -1.16. The lowest BCUT2D eigenvalue weighted by Gasteiger charge is -2.33. The summed E-state index contributed by atoms with van der Waals surface area (Å²) in [5.41, 5.74) is 0. The van der Waals surface area contributed by atoms with Gasteiger partial charge in [0, 0.05) is 6.54 Å². The van der Waals surface area contributed by atoms with Crippen LogP contribution < -0.4 is 5.32 Å². The maximum Gasteiger partial charge on any atom is 0.308 e. The Kier molecular flexibility index (Phi) is 5.33. The van der Waals surface area contributed by atoms with E-state index in [1.165, 1.54) is 0 Å². The molecule has 104 valence electrons. The van der Waals surface area contributed by atoms with Crippen molar-refractivity contribution in [3.63, 3.8) is 0 Å². The van der Waals surface area contributed by atoms with Gasteiger partial charge in [-0.15, -0.1) is 6.42 Å². The molecule has 19 heavy (non-hydrogen) atoms. The van der Waals surface area contributed by atoms with E-state index in [-0.39, 0.29) is 32.0 Å². The Bertz CT molecular complexity index is 415. The number of amides is 1. The van der Waals surface area contributed by atoms with Gasteiger partial charge in [-0.3, -0.25) is 19.3 Å². The molecule has 0 bridgehead atoms. The molecule has 1 saturated heterocycles. The van der Waals surface area contributed by atoms with Crippen LogP contribution in [0.4, 0.5) is 0 Å². The first-order valence-corrected chi connectivity index (χ1v) is 5.83. The van der Waals surface area contributed by atoms with E-state index in [1.807, 2.05) is 0 Å². The van der Waals surface area contributed by atoms with E-state index in [0.717, 1.165) is 0 Å². The zero-order valence-corrected chi connectivity index (χ0v) is 10.3. The number of terminal acetylenes is 1. The molecule has 1 rings (SSSR count). The quantitative estimate of drug-likeness (QED) is 0.543. The lowest BCUT2D eigenvalue weighted by Crippen LogP contribution is -2.49. The van der Waals surface area contributed by atoms with Crippen molar-refractivity contribution >= 4 is 17.8 Å². The van der Waals surface area contributed by atoms with Crippen LogP contribution in [0, 0.1) is 24.2 Å². The highest BCUT2D eigenvalue weighted by atomic mass is 16.4. The molecule has 7 nitrogen and oxygen atoms in total. The molecule has 2 atom stereocenters. The lowest BCUT2D eigenvalue weighted by atomic mass is 9.85. The van der Waals surface area contributed by atoms with Crippen molar-refractivity contribution in [2.75, 3.05) is 26.2 Å². The number of aliphatic carboxylic acids is 2.